The standard InChI is InChI=1S/C17H22N2O3/c1-5-19(12(4)9-20)17(22)14-7-6-13-10(2)8-11(3)16(21)15(13)18-14/h6-8,12,20-21H,5,9H2,1-4H3. The maximum Gasteiger partial charge on any atom is 0.272 e. The smallest absolute Gasteiger partial charge is 0.272 e. The van der Waals surface area contributed by atoms with E-state index in [0.29, 0.717) is 12.1 Å². The number of pyridine rings is 1. The molecule has 1 aromatic carbocycles. The molecule has 1 atom stereocenters. The molecular weight excluding hydrogens is 280 g/mol. The average molecular weight is 302 g/mol. The second-order valence-corrected chi connectivity index (χ2v) is 5.57. The highest BCUT2D eigenvalue weighted by atomic mass is 16.3. The highest BCUT2D eigenvalue weighted by Crippen LogP contribution is 2.29. The fraction of sp³-hybridized carbons (Fsp3) is 0.412. The Kier molecular flexibility index (Phi) is 4.66. The summed E-state index contributed by atoms with van der Waals surface area (Å²) < 4.78 is 0. The number of aliphatic hydroxyl groups excluding tert-OH is 1. The number of aryl methyl sites for hydroxylation is 2. The Balaban J connectivity index is 2.53. The normalized spacial score (nSPS) is 12.4. The Morgan fingerprint density at radius 3 is 2.59 bits per heavy atom. The molecule has 0 spiro atoms. The number of amides is 1. The van der Waals surface area contributed by atoms with E-state index in [2.05, 4.69) is 4.98 Å². The lowest BCUT2D eigenvalue weighted by atomic mass is 10.0. The summed E-state index contributed by atoms with van der Waals surface area (Å²) >= 11 is 0. The van der Waals surface area contributed by atoms with Crippen LogP contribution in [0.5, 0.6) is 5.75 Å². The molecule has 0 saturated carbocycles. The zero-order valence-corrected chi connectivity index (χ0v) is 13.4. The number of benzene rings is 1. The van der Waals surface area contributed by atoms with Crippen LogP contribution in [-0.4, -0.2) is 45.2 Å². The number of carbonyl (C=O) groups excluding carboxylic acids is 1. The zero-order valence-electron chi connectivity index (χ0n) is 13.4. The lowest BCUT2D eigenvalue weighted by Gasteiger charge is -2.26. The van der Waals surface area contributed by atoms with E-state index in [1.165, 1.54) is 0 Å². The van der Waals surface area contributed by atoms with Gasteiger partial charge < -0.3 is 15.1 Å². The highest BCUT2D eigenvalue weighted by Gasteiger charge is 2.21. The third-order valence-corrected chi connectivity index (χ3v) is 3.97. The van der Waals surface area contributed by atoms with E-state index >= 15 is 0 Å². The molecule has 22 heavy (non-hydrogen) atoms. The minimum atomic E-state index is -0.275. The van der Waals surface area contributed by atoms with Crippen LogP contribution in [0.3, 0.4) is 0 Å². The van der Waals surface area contributed by atoms with E-state index in [-0.39, 0.29) is 30.0 Å². The van der Waals surface area contributed by atoms with E-state index in [1.807, 2.05) is 32.9 Å². The Morgan fingerprint density at radius 2 is 2.00 bits per heavy atom. The number of fused-ring (bicyclic) bond motifs is 1. The molecule has 5 heteroatoms. The van der Waals surface area contributed by atoms with Crippen molar-refractivity contribution in [2.24, 2.45) is 0 Å². The summed E-state index contributed by atoms with van der Waals surface area (Å²) in [7, 11) is 0. The molecule has 0 fully saturated rings. The second-order valence-electron chi connectivity index (χ2n) is 5.57. The fourth-order valence-corrected chi connectivity index (χ4v) is 2.64. The first-order valence-electron chi connectivity index (χ1n) is 7.42. The van der Waals surface area contributed by atoms with Crippen LogP contribution < -0.4 is 0 Å². The third kappa shape index (κ3) is 2.76. The van der Waals surface area contributed by atoms with Crippen molar-refractivity contribution in [3.63, 3.8) is 0 Å². The molecule has 0 aliphatic carbocycles. The highest BCUT2D eigenvalue weighted by molar-refractivity contribution is 5.97. The van der Waals surface area contributed by atoms with Gasteiger partial charge in [-0.15, -0.1) is 0 Å². The molecule has 2 rings (SSSR count). The summed E-state index contributed by atoms with van der Waals surface area (Å²) in [5, 5.41) is 20.3. The van der Waals surface area contributed by atoms with Crippen LogP contribution in [0.2, 0.25) is 0 Å². The lowest BCUT2D eigenvalue weighted by molar-refractivity contribution is 0.0627. The Bertz CT molecular complexity index is 713. The van der Waals surface area contributed by atoms with Gasteiger partial charge in [-0.2, -0.15) is 0 Å². The number of phenols is 1. The number of phenolic OH excluding ortho intramolecular Hbond substituents is 1. The SMILES string of the molecule is CCN(C(=O)c1ccc2c(C)cc(C)c(O)c2n1)C(C)CO. The van der Waals surface area contributed by atoms with Crippen molar-refractivity contribution in [3.05, 3.63) is 35.0 Å². The summed E-state index contributed by atoms with van der Waals surface area (Å²) in [5.74, 6) is -0.141. The quantitative estimate of drug-likeness (QED) is 0.909. The molecule has 118 valence electrons. The molecule has 1 aromatic heterocycles. The summed E-state index contributed by atoms with van der Waals surface area (Å²) in [4.78, 5) is 18.5. The summed E-state index contributed by atoms with van der Waals surface area (Å²) in [6.07, 6.45) is 0. The van der Waals surface area contributed by atoms with Crippen molar-refractivity contribution >= 4 is 16.8 Å². The zero-order chi connectivity index (χ0) is 16.4. The number of nitrogens with zero attached hydrogens (tertiary/aromatic N) is 2. The van der Waals surface area contributed by atoms with Gasteiger partial charge in [0.2, 0.25) is 0 Å². The van der Waals surface area contributed by atoms with Crippen LogP contribution in [0.15, 0.2) is 18.2 Å². The van der Waals surface area contributed by atoms with Crippen LogP contribution in [0, 0.1) is 13.8 Å². The number of aromatic nitrogens is 1. The first-order valence-corrected chi connectivity index (χ1v) is 7.42. The van der Waals surface area contributed by atoms with Gasteiger partial charge in [-0.25, -0.2) is 4.98 Å². The minimum absolute atomic E-state index is 0.101. The monoisotopic (exact) mass is 302 g/mol. The van der Waals surface area contributed by atoms with Gasteiger partial charge in [-0.05, 0) is 44.9 Å². The summed E-state index contributed by atoms with van der Waals surface area (Å²) in [5.41, 5.74) is 2.46. The molecule has 1 amide bonds. The third-order valence-electron chi connectivity index (χ3n) is 3.97. The summed E-state index contributed by atoms with van der Waals surface area (Å²) in [6.45, 7) is 7.79. The van der Waals surface area contributed by atoms with Crippen LogP contribution in [0.4, 0.5) is 0 Å². The molecule has 0 aliphatic heterocycles. The molecule has 0 bridgehead atoms. The fourth-order valence-electron chi connectivity index (χ4n) is 2.64. The number of hydrogen-bond acceptors (Lipinski definition) is 4. The molecule has 1 heterocycles. The van der Waals surface area contributed by atoms with Gasteiger partial charge in [-0.3, -0.25) is 4.79 Å². The van der Waals surface area contributed by atoms with E-state index in [4.69, 9.17) is 0 Å². The van der Waals surface area contributed by atoms with Crippen molar-refractivity contribution in [3.8, 4) is 5.75 Å². The molecule has 2 aromatic rings. The van der Waals surface area contributed by atoms with E-state index < -0.39 is 0 Å². The number of rotatable bonds is 4. The topological polar surface area (TPSA) is 73.7 Å². The van der Waals surface area contributed by atoms with Gasteiger partial charge in [0.15, 0.2) is 0 Å². The van der Waals surface area contributed by atoms with Crippen molar-refractivity contribution in [1.82, 2.24) is 9.88 Å². The van der Waals surface area contributed by atoms with Crippen LogP contribution in [0.1, 0.15) is 35.5 Å². The largest absolute Gasteiger partial charge is 0.505 e. The first kappa shape index (κ1) is 16.2. The van der Waals surface area contributed by atoms with Gasteiger partial charge in [0, 0.05) is 11.9 Å². The van der Waals surface area contributed by atoms with Gasteiger partial charge in [0.1, 0.15) is 17.0 Å². The molecule has 1 unspecified atom stereocenters. The maximum atomic E-state index is 12.6. The van der Waals surface area contributed by atoms with Crippen molar-refractivity contribution in [1.29, 1.82) is 0 Å². The summed E-state index contributed by atoms with van der Waals surface area (Å²) in [6, 6.07) is 5.09. The number of hydrogen-bond donors (Lipinski definition) is 2. The van der Waals surface area contributed by atoms with Gasteiger partial charge in [-0.1, -0.05) is 12.1 Å². The van der Waals surface area contributed by atoms with E-state index in [1.54, 1.807) is 17.9 Å². The Hall–Kier alpha value is -2.14. The number of aliphatic hydroxyl groups is 1. The average Bonchev–Trinajstić information content (AvgIpc) is 2.52. The molecule has 0 radical (unpaired) electrons. The Labute approximate surface area is 130 Å². The second kappa shape index (κ2) is 6.32. The Morgan fingerprint density at radius 1 is 1.32 bits per heavy atom. The van der Waals surface area contributed by atoms with Gasteiger partial charge in [0.25, 0.3) is 5.91 Å². The van der Waals surface area contributed by atoms with Crippen molar-refractivity contribution < 1.29 is 15.0 Å². The van der Waals surface area contributed by atoms with Gasteiger partial charge in [0.05, 0.1) is 12.6 Å². The maximum absolute atomic E-state index is 12.6. The van der Waals surface area contributed by atoms with E-state index in [0.717, 1.165) is 16.5 Å². The van der Waals surface area contributed by atoms with Crippen LogP contribution >= 0.6 is 0 Å². The lowest BCUT2D eigenvalue weighted by Crippen LogP contribution is -2.40. The van der Waals surface area contributed by atoms with E-state index in [9.17, 15) is 15.0 Å². The molecule has 0 saturated heterocycles. The molecule has 0 aliphatic rings. The molecule has 2 N–H and O–H groups in total. The molecular formula is C17H22N2O3. The predicted molar refractivity (Wildman–Crippen MR) is 86.1 cm³/mol. The van der Waals surface area contributed by atoms with Gasteiger partial charge >= 0.3 is 0 Å². The number of likely N-dealkylation sites (N-methyl/N-ethyl adjacent to an activating group) is 1. The van der Waals surface area contributed by atoms with Crippen molar-refractivity contribution in [2.75, 3.05) is 13.2 Å². The minimum Gasteiger partial charge on any atom is -0.505 e. The van der Waals surface area contributed by atoms with Crippen LogP contribution in [0.25, 0.3) is 10.9 Å². The number of aromatic hydroxyl groups is 1. The first-order chi connectivity index (χ1) is 10.4. The molecule has 5 nitrogen and oxygen atoms in total. The predicted octanol–water partition coefficient (Wildman–Crippen LogP) is 2.40. The number of carbonyl (C=O) groups is 1. The van der Waals surface area contributed by atoms with Crippen LogP contribution in [-0.2, 0) is 0 Å². The van der Waals surface area contributed by atoms with Crippen molar-refractivity contribution in [2.45, 2.75) is 33.7 Å².